The Hall–Kier alpha value is -2.15. The van der Waals surface area contributed by atoms with Gasteiger partial charge in [0.15, 0.2) is 0 Å². The van der Waals surface area contributed by atoms with Gasteiger partial charge in [-0.2, -0.15) is 5.10 Å². The first-order chi connectivity index (χ1) is 12.1. The summed E-state index contributed by atoms with van der Waals surface area (Å²) >= 11 is 0. The monoisotopic (exact) mass is 344 g/mol. The molecule has 136 valence electrons. The molecule has 7 heteroatoms. The second-order valence-electron chi connectivity index (χ2n) is 6.71. The minimum Gasteiger partial charge on any atom is -0.348 e. The zero-order valence-corrected chi connectivity index (χ0v) is 15.5. The van der Waals surface area contributed by atoms with Crippen LogP contribution in [0.3, 0.4) is 0 Å². The molecule has 1 aliphatic rings. The average molecular weight is 344 g/mol. The Labute approximate surface area is 149 Å². The van der Waals surface area contributed by atoms with E-state index >= 15 is 0 Å². The molecule has 0 aromatic carbocycles. The van der Waals surface area contributed by atoms with Crippen molar-refractivity contribution in [3.8, 4) is 0 Å². The van der Waals surface area contributed by atoms with E-state index in [1.165, 1.54) is 5.56 Å². The van der Waals surface area contributed by atoms with E-state index in [2.05, 4.69) is 33.8 Å². The third-order valence-corrected chi connectivity index (χ3v) is 5.04. The standard InChI is InChI=1S/C18H28N6O/c1-4-16-14(2)21-24(15(16)3)13-18(25)23-9-5-8-22(10-11-23)12-17-19-6-7-20-17/h6-7H,4-5,8-13H2,1-3H3,(H,19,20). The fraction of sp³-hybridized carbons (Fsp3) is 0.611. The van der Waals surface area contributed by atoms with E-state index in [0.717, 1.165) is 62.8 Å². The van der Waals surface area contributed by atoms with Gasteiger partial charge >= 0.3 is 0 Å². The Morgan fingerprint density at radius 3 is 2.76 bits per heavy atom. The summed E-state index contributed by atoms with van der Waals surface area (Å²) in [4.78, 5) is 24.5. The summed E-state index contributed by atoms with van der Waals surface area (Å²) in [7, 11) is 0. The maximum absolute atomic E-state index is 12.7. The lowest BCUT2D eigenvalue weighted by atomic mass is 10.1. The Kier molecular flexibility index (Phi) is 5.53. The van der Waals surface area contributed by atoms with E-state index < -0.39 is 0 Å². The van der Waals surface area contributed by atoms with Crippen LogP contribution in [0.5, 0.6) is 0 Å². The van der Waals surface area contributed by atoms with Crippen LogP contribution < -0.4 is 0 Å². The van der Waals surface area contributed by atoms with Crippen molar-refractivity contribution in [3.63, 3.8) is 0 Å². The van der Waals surface area contributed by atoms with Crippen molar-refractivity contribution in [3.05, 3.63) is 35.2 Å². The Bertz CT molecular complexity index is 705. The second-order valence-corrected chi connectivity index (χ2v) is 6.71. The topological polar surface area (TPSA) is 70.1 Å². The summed E-state index contributed by atoms with van der Waals surface area (Å²) in [5, 5.41) is 4.55. The van der Waals surface area contributed by atoms with Gasteiger partial charge in [-0.1, -0.05) is 6.92 Å². The van der Waals surface area contributed by atoms with Gasteiger partial charge in [0.05, 0.1) is 12.2 Å². The van der Waals surface area contributed by atoms with Gasteiger partial charge in [-0.15, -0.1) is 0 Å². The molecule has 0 atom stereocenters. The van der Waals surface area contributed by atoms with Crippen molar-refractivity contribution in [1.29, 1.82) is 0 Å². The molecule has 0 spiro atoms. The van der Waals surface area contributed by atoms with Crippen LogP contribution in [0.15, 0.2) is 12.4 Å². The van der Waals surface area contributed by atoms with Crippen molar-refractivity contribution in [2.45, 2.75) is 46.7 Å². The zero-order valence-electron chi connectivity index (χ0n) is 15.5. The Morgan fingerprint density at radius 1 is 1.24 bits per heavy atom. The molecule has 1 saturated heterocycles. The summed E-state index contributed by atoms with van der Waals surface area (Å²) in [5.74, 6) is 1.14. The van der Waals surface area contributed by atoms with E-state index in [4.69, 9.17) is 0 Å². The Morgan fingerprint density at radius 2 is 2.08 bits per heavy atom. The minimum absolute atomic E-state index is 0.160. The van der Waals surface area contributed by atoms with Crippen molar-refractivity contribution in [2.24, 2.45) is 0 Å². The van der Waals surface area contributed by atoms with Gasteiger partial charge in [-0.25, -0.2) is 4.98 Å². The first kappa shape index (κ1) is 17.7. The lowest BCUT2D eigenvalue weighted by molar-refractivity contribution is -0.131. The number of H-pyrrole nitrogens is 1. The predicted molar refractivity (Wildman–Crippen MR) is 96.1 cm³/mol. The van der Waals surface area contributed by atoms with E-state index in [0.29, 0.717) is 6.54 Å². The summed E-state index contributed by atoms with van der Waals surface area (Å²) in [6, 6.07) is 0. The number of nitrogens with one attached hydrogen (secondary N) is 1. The molecule has 2 aromatic rings. The van der Waals surface area contributed by atoms with Gasteiger partial charge in [0, 0.05) is 44.3 Å². The molecular weight excluding hydrogens is 316 g/mol. The molecule has 3 rings (SSSR count). The molecule has 0 bridgehead atoms. The number of aromatic nitrogens is 4. The number of amides is 1. The van der Waals surface area contributed by atoms with Gasteiger partial charge in [0.25, 0.3) is 0 Å². The third kappa shape index (κ3) is 4.10. The lowest BCUT2D eigenvalue weighted by Gasteiger charge is -2.21. The summed E-state index contributed by atoms with van der Waals surface area (Å²) in [5.41, 5.74) is 3.41. The molecule has 0 unspecified atom stereocenters. The third-order valence-electron chi connectivity index (χ3n) is 5.04. The van der Waals surface area contributed by atoms with Crippen LogP contribution in [0.2, 0.25) is 0 Å². The minimum atomic E-state index is 0.160. The maximum atomic E-state index is 12.7. The highest BCUT2D eigenvalue weighted by Crippen LogP contribution is 2.14. The van der Waals surface area contributed by atoms with Crippen LogP contribution in [0.1, 0.15) is 36.1 Å². The molecule has 1 aliphatic heterocycles. The van der Waals surface area contributed by atoms with Crippen molar-refractivity contribution in [2.75, 3.05) is 26.2 Å². The van der Waals surface area contributed by atoms with Crippen LogP contribution >= 0.6 is 0 Å². The van der Waals surface area contributed by atoms with Crippen molar-refractivity contribution in [1.82, 2.24) is 29.5 Å². The highest BCUT2D eigenvalue weighted by molar-refractivity contribution is 5.76. The van der Waals surface area contributed by atoms with Gasteiger partial charge in [0.1, 0.15) is 12.4 Å². The zero-order chi connectivity index (χ0) is 17.8. The van der Waals surface area contributed by atoms with Crippen LogP contribution in [0, 0.1) is 13.8 Å². The fourth-order valence-corrected chi connectivity index (χ4v) is 3.60. The number of carbonyl (C=O) groups is 1. The number of aromatic amines is 1. The molecule has 1 fully saturated rings. The molecule has 1 N–H and O–H groups in total. The first-order valence-electron chi connectivity index (χ1n) is 9.09. The number of hydrogen-bond donors (Lipinski definition) is 1. The average Bonchev–Trinajstić information content (AvgIpc) is 3.10. The molecule has 0 saturated carbocycles. The molecule has 2 aromatic heterocycles. The molecule has 3 heterocycles. The van der Waals surface area contributed by atoms with Gasteiger partial charge < -0.3 is 9.88 Å². The van der Waals surface area contributed by atoms with Crippen LogP contribution in [0.25, 0.3) is 0 Å². The molecule has 1 amide bonds. The number of nitrogens with zero attached hydrogens (tertiary/aromatic N) is 5. The lowest BCUT2D eigenvalue weighted by Crippen LogP contribution is -2.37. The second kappa shape index (κ2) is 7.82. The highest BCUT2D eigenvalue weighted by atomic mass is 16.2. The number of imidazole rings is 1. The SMILES string of the molecule is CCc1c(C)nn(CC(=O)N2CCCN(Cc3ncc[nH]3)CC2)c1C. The molecule has 0 aliphatic carbocycles. The predicted octanol–water partition coefficient (Wildman–Crippen LogP) is 1.52. The molecule has 25 heavy (non-hydrogen) atoms. The summed E-state index contributed by atoms with van der Waals surface area (Å²) < 4.78 is 1.86. The largest absolute Gasteiger partial charge is 0.348 e. The van der Waals surface area contributed by atoms with Gasteiger partial charge in [-0.05, 0) is 32.3 Å². The first-order valence-corrected chi connectivity index (χ1v) is 9.09. The molecule has 7 nitrogen and oxygen atoms in total. The van der Waals surface area contributed by atoms with Crippen molar-refractivity contribution < 1.29 is 4.79 Å². The van der Waals surface area contributed by atoms with E-state index in [9.17, 15) is 4.79 Å². The van der Waals surface area contributed by atoms with Crippen LogP contribution in [-0.4, -0.2) is 61.6 Å². The number of aryl methyl sites for hydroxylation is 1. The van der Waals surface area contributed by atoms with E-state index in [1.807, 2.05) is 22.7 Å². The normalized spacial score (nSPS) is 16.2. The molecule has 0 radical (unpaired) electrons. The van der Waals surface area contributed by atoms with Crippen molar-refractivity contribution >= 4 is 5.91 Å². The maximum Gasteiger partial charge on any atom is 0.244 e. The van der Waals surface area contributed by atoms with Crippen LogP contribution in [0.4, 0.5) is 0 Å². The Balaban J connectivity index is 1.58. The fourth-order valence-electron chi connectivity index (χ4n) is 3.60. The van der Waals surface area contributed by atoms with Gasteiger partial charge in [0.2, 0.25) is 5.91 Å². The number of rotatable bonds is 5. The summed E-state index contributed by atoms with van der Waals surface area (Å²) in [6.45, 7) is 10.8. The quantitative estimate of drug-likeness (QED) is 0.893. The number of hydrogen-bond acceptors (Lipinski definition) is 4. The van der Waals surface area contributed by atoms with Gasteiger partial charge in [-0.3, -0.25) is 14.4 Å². The van der Waals surface area contributed by atoms with Crippen LogP contribution in [-0.2, 0) is 24.3 Å². The number of carbonyl (C=O) groups excluding carboxylic acids is 1. The van der Waals surface area contributed by atoms with E-state index in [1.54, 1.807) is 6.20 Å². The smallest absolute Gasteiger partial charge is 0.244 e. The molecular formula is C18H28N6O. The summed E-state index contributed by atoms with van der Waals surface area (Å²) in [6.07, 6.45) is 5.57. The highest BCUT2D eigenvalue weighted by Gasteiger charge is 2.21. The van der Waals surface area contributed by atoms with E-state index in [-0.39, 0.29) is 5.91 Å².